The Balaban J connectivity index is 1.88. The second-order valence-electron chi connectivity index (χ2n) is 4.70. The molecular weight excluding hydrogens is 300 g/mol. The van der Waals surface area contributed by atoms with Gasteiger partial charge >= 0.3 is 5.97 Å². The maximum absolute atomic E-state index is 10.9. The molecule has 108 valence electrons. The highest BCUT2D eigenvalue weighted by Gasteiger charge is 2.16. The predicted molar refractivity (Wildman–Crippen MR) is 83.0 cm³/mol. The Morgan fingerprint density at radius 1 is 1.23 bits per heavy atom. The quantitative estimate of drug-likeness (QED) is 0.609. The van der Waals surface area contributed by atoms with E-state index in [-0.39, 0.29) is 5.56 Å². The van der Waals surface area contributed by atoms with Crippen molar-refractivity contribution in [2.75, 3.05) is 0 Å². The molecule has 0 aliphatic carbocycles. The molecule has 1 aromatic carbocycles. The van der Waals surface area contributed by atoms with Crippen molar-refractivity contribution in [3.05, 3.63) is 53.7 Å². The molecule has 0 spiro atoms. The van der Waals surface area contributed by atoms with Crippen molar-refractivity contribution in [1.82, 2.24) is 19.6 Å². The average molecular weight is 310 g/mol. The van der Waals surface area contributed by atoms with E-state index in [1.54, 1.807) is 41.8 Å². The molecule has 6 nitrogen and oxygen atoms in total. The molecule has 2 N–H and O–H groups in total. The number of aromatic nitrogens is 4. The van der Waals surface area contributed by atoms with Crippen LogP contribution >= 0.6 is 11.3 Å². The number of aromatic carboxylic acids is 1. The Morgan fingerprint density at radius 3 is 2.73 bits per heavy atom. The summed E-state index contributed by atoms with van der Waals surface area (Å²) >= 11 is 1.59. The molecule has 0 saturated heterocycles. The largest absolute Gasteiger partial charge is 0.478 e. The first-order valence-corrected chi connectivity index (χ1v) is 7.41. The summed E-state index contributed by atoms with van der Waals surface area (Å²) in [7, 11) is 0. The number of carboxylic acids is 1. The number of nitrogens with zero attached hydrogens (tertiary/aromatic N) is 3. The molecule has 0 amide bonds. The molecule has 7 heteroatoms. The lowest BCUT2D eigenvalue weighted by Crippen LogP contribution is -1.95. The van der Waals surface area contributed by atoms with Crippen molar-refractivity contribution in [3.63, 3.8) is 0 Å². The van der Waals surface area contributed by atoms with E-state index in [1.807, 2.05) is 22.0 Å². The van der Waals surface area contributed by atoms with Gasteiger partial charge in [0.05, 0.1) is 5.56 Å². The number of H-pyrrole nitrogens is 1. The van der Waals surface area contributed by atoms with E-state index in [0.717, 1.165) is 27.6 Å². The Morgan fingerprint density at radius 2 is 2.05 bits per heavy atom. The predicted octanol–water partition coefficient (Wildman–Crippen LogP) is 3.15. The first kappa shape index (κ1) is 12.8. The Kier molecular flexibility index (Phi) is 2.80. The van der Waals surface area contributed by atoms with Crippen LogP contribution in [0.15, 0.2) is 48.1 Å². The van der Waals surface area contributed by atoms with Crippen molar-refractivity contribution in [3.8, 4) is 22.8 Å². The number of hydrogen-bond donors (Lipinski definition) is 2. The van der Waals surface area contributed by atoms with E-state index in [1.165, 1.54) is 0 Å². The number of aromatic amines is 1. The van der Waals surface area contributed by atoms with E-state index in [0.29, 0.717) is 0 Å². The minimum atomic E-state index is -0.937. The van der Waals surface area contributed by atoms with E-state index < -0.39 is 5.97 Å². The number of hydrogen-bond acceptors (Lipinski definition) is 4. The highest BCUT2D eigenvalue weighted by atomic mass is 32.1. The molecule has 0 aliphatic heterocycles. The van der Waals surface area contributed by atoms with Gasteiger partial charge in [-0.3, -0.25) is 9.50 Å². The van der Waals surface area contributed by atoms with Crippen molar-refractivity contribution >= 4 is 22.1 Å². The molecule has 0 aliphatic rings. The van der Waals surface area contributed by atoms with Crippen LogP contribution < -0.4 is 0 Å². The molecule has 0 unspecified atom stereocenters. The van der Waals surface area contributed by atoms with Crippen LogP contribution in [0.5, 0.6) is 0 Å². The molecule has 4 rings (SSSR count). The van der Waals surface area contributed by atoms with Gasteiger partial charge in [-0.25, -0.2) is 9.78 Å². The Hall–Kier alpha value is -2.93. The van der Waals surface area contributed by atoms with Gasteiger partial charge in [0.15, 0.2) is 0 Å². The molecule has 0 fully saturated rings. The average Bonchev–Trinajstić information content (AvgIpc) is 3.24. The van der Waals surface area contributed by atoms with Gasteiger partial charge in [0.2, 0.25) is 0 Å². The minimum Gasteiger partial charge on any atom is -0.478 e. The van der Waals surface area contributed by atoms with Gasteiger partial charge in [-0.2, -0.15) is 5.10 Å². The lowest BCUT2D eigenvalue weighted by atomic mass is 10.1. The van der Waals surface area contributed by atoms with Crippen molar-refractivity contribution < 1.29 is 9.90 Å². The first-order chi connectivity index (χ1) is 10.7. The van der Waals surface area contributed by atoms with Crippen LogP contribution in [0.2, 0.25) is 0 Å². The van der Waals surface area contributed by atoms with Gasteiger partial charge < -0.3 is 5.11 Å². The fraction of sp³-hybridized carbons (Fsp3) is 0. The van der Waals surface area contributed by atoms with Crippen molar-refractivity contribution in [2.24, 2.45) is 0 Å². The van der Waals surface area contributed by atoms with Gasteiger partial charge in [-0.05, 0) is 18.2 Å². The number of imidazole rings is 1. The fourth-order valence-corrected chi connectivity index (χ4v) is 3.18. The normalized spacial score (nSPS) is 11.1. The number of carbonyl (C=O) groups is 1. The number of carboxylic acid groups (broad SMARTS) is 1. The maximum atomic E-state index is 10.9. The maximum Gasteiger partial charge on any atom is 0.335 e. The number of nitrogens with one attached hydrogen (secondary N) is 1. The first-order valence-electron chi connectivity index (χ1n) is 6.53. The zero-order valence-corrected chi connectivity index (χ0v) is 12.0. The third kappa shape index (κ3) is 1.91. The number of benzene rings is 1. The zero-order chi connectivity index (χ0) is 15.1. The second kappa shape index (κ2) is 4.81. The lowest BCUT2D eigenvalue weighted by Gasteiger charge is -1.99. The van der Waals surface area contributed by atoms with Crippen LogP contribution in [0.4, 0.5) is 0 Å². The molecule has 0 saturated carbocycles. The number of rotatable bonds is 3. The zero-order valence-electron chi connectivity index (χ0n) is 11.2. The van der Waals surface area contributed by atoms with Crippen molar-refractivity contribution in [2.45, 2.75) is 0 Å². The van der Waals surface area contributed by atoms with E-state index >= 15 is 0 Å². The van der Waals surface area contributed by atoms with Crippen molar-refractivity contribution in [1.29, 1.82) is 0 Å². The van der Waals surface area contributed by atoms with Crippen LogP contribution in [0, 0.1) is 0 Å². The van der Waals surface area contributed by atoms with E-state index in [4.69, 9.17) is 5.11 Å². The SMILES string of the molecule is O=C(O)c1ccc(-c2nc(-c3cc[nH]n3)c3sccn23)cc1. The summed E-state index contributed by atoms with van der Waals surface area (Å²) in [5, 5.41) is 18.0. The monoisotopic (exact) mass is 310 g/mol. The Labute approximate surface area is 128 Å². The minimum absolute atomic E-state index is 0.259. The summed E-state index contributed by atoms with van der Waals surface area (Å²) in [6.07, 6.45) is 3.71. The summed E-state index contributed by atoms with van der Waals surface area (Å²) in [4.78, 5) is 16.6. The molecule has 0 bridgehead atoms. The summed E-state index contributed by atoms with van der Waals surface area (Å²) in [6, 6.07) is 8.58. The van der Waals surface area contributed by atoms with Gasteiger partial charge in [0, 0.05) is 23.3 Å². The van der Waals surface area contributed by atoms with Gasteiger partial charge in [0.25, 0.3) is 0 Å². The molecule has 0 atom stereocenters. The molecule has 3 heterocycles. The van der Waals surface area contributed by atoms with Crippen LogP contribution in [-0.4, -0.2) is 30.7 Å². The summed E-state index contributed by atoms with van der Waals surface area (Å²) in [6.45, 7) is 0. The van der Waals surface area contributed by atoms with E-state index in [2.05, 4.69) is 15.2 Å². The Bertz CT molecular complexity index is 951. The number of thiazole rings is 1. The standard InChI is InChI=1S/C15H10N4O2S/c20-15(21)10-3-1-9(2-4-10)13-17-12(11-5-6-16-18-11)14-19(13)7-8-22-14/h1-8H,(H,16,18)(H,20,21). The summed E-state index contributed by atoms with van der Waals surface area (Å²) in [5.41, 5.74) is 2.72. The highest BCUT2D eigenvalue weighted by molar-refractivity contribution is 7.16. The molecule has 22 heavy (non-hydrogen) atoms. The molecule has 4 aromatic rings. The molecular formula is C15H10N4O2S. The molecule has 3 aromatic heterocycles. The highest BCUT2D eigenvalue weighted by Crippen LogP contribution is 2.31. The lowest BCUT2D eigenvalue weighted by molar-refractivity contribution is 0.0697. The topological polar surface area (TPSA) is 83.3 Å². The van der Waals surface area contributed by atoms with Gasteiger partial charge in [-0.1, -0.05) is 12.1 Å². The van der Waals surface area contributed by atoms with Crippen LogP contribution in [-0.2, 0) is 0 Å². The third-order valence-corrected chi connectivity index (χ3v) is 4.26. The van der Waals surface area contributed by atoms with Crippen LogP contribution in [0.3, 0.4) is 0 Å². The molecule has 0 radical (unpaired) electrons. The third-order valence-electron chi connectivity index (χ3n) is 3.39. The summed E-state index contributed by atoms with van der Waals surface area (Å²) < 4.78 is 1.99. The van der Waals surface area contributed by atoms with Crippen LogP contribution in [0.25, 0.3) is 27.6 Å². The fourth-order valence-electron chi connectivity index (χ4n) is 2.35. The summed E-state index contributed by atoms with van der Waals surface area (Å²) in [5.74, 6) is -0.168. The number of fused-ring (bicyclic) bond motifs is 1. The van der Waals surface area contributed by atoms with Crippen LogP contribution in [0.1, 0.15) is 10.4 Å². The van der Waals surface area contributed by atoms with E-state index in [9.17, 15) is 4.79 Å². The van der Waals surface area contributed by atoms with Gasteiger partial charge in [-0.15, -0.1) is 11.3 Å². The van der Waals surface area contributed by atoms with Gasteiger partial charge in [0.1, 0.15) is 22.0 Å². The second-order valence-corrected chi connectivity index (χ2v) is 5.60. The smallest absolute Gasteiger partial charge is 0.335 e.